The number of urea groups is 1. The molecule has 0 spiro atoms. The van der Waals surface area contributed by atoms with Crippen LogP contribution in [0.25, 0.3) is 10.4 Å². The van der Waals surface area contributed by atoms with Crippen LogP contribution in [-0.4, -0.2) is 52.7 Å². The van der Waals surface area contributed by atoms with E-state index in [0.717, 1.165) is 29.9 Å². The Morgan fingerprint density at radius 2 is 1.89 bits per heavy atom. The average Bonchev–Trinajstić information content (AvgIpc) is 2.85. The van der Waals surface area contributed by atoms with Gasteiger partial charge >= 0.3 is 6.03 Å². The molecule has 0 aliphatic carbocycles. The minimum absolute atomic E-state index is 0.0441. The van der Waals surface area contributed by atoms with Crippen molar-refractivity contribution in [2.75, 3.05) is 30.1 Å². The van der Waals surface area contributed by atoms with Crippen molar-refractivity contribution in [3.63, 3.8) is 0 Å². The predicted octanol–water partition coefficient (Wildman–Crippen LogP) is 1.83. The fourth-order valence-electron chi connectivity index (χ4n) is 2.14. The number of halogens is 1. The highest BCUT2D eigenvalue weighted by atomic mass is 32.2. The molecule has 1 heterocycles. The van der Waals surface area contributed by atoms with Gasteiger partial charge in [0.2, 0.25) is 0 Å². The van der Waals surface area contributed by atoms with E-state index in [1.165, 1.54) is 12.1 Å². The first kappa shape index (κ1) is 21.3. The lowest BCUT2D eigenvalue weighted by Crippen LogP contribution is -2.32. The third kappa shape index (κ3) is 5.97. The van der Waals surface area contributed by atoms with E-state index in [4.69, 9.17) is 0 Å². The van der Waals surface area contributed by atoms with E-state index in [-0.39, 0.29) is 17.4 Å². The second-order valence-corrected chi connectivity index (χ2v) is 11.1. The maximum Gasteiger partial charge on any atom is 0.321 e. The number of aromatic nitrogens is 1. The van der Waals surface area contributed by atoms with Gasteiger partial charge in [0, 0.05) is 19.1 Å². The molecule has 0 atom stereocenters. The standard InChI is InChI=1S/C15H18FN3O5S3/c1-9-13(10-4-5-11(16)12(8-10)27(3,23)24)25-15(18-9)19-14(20)17-6-7-26(2,21)22/h4-5,8H,6-7H2,1-3H3,(H2,17,18,19,20). The molecule has 2 amide bonds. The topological polar surface area (TPSA) is 122 Å². The highest BCUT2D eigenvalue weighted by Gasteiger charge is 2.18. The van der Waals surface area contributed by atoms with E-state index in [1.807, 2.05) is 0 Å². The Balaban J connectivity index is 2.18. The summed E-state index contributed by atoms with van der Waals surface area (Å²) in [7, 11) is -6.92. The molecule has 8 nitrogen and oxygen atoms in total. The van der Waals surface area contributed by atoms with Crippen LogP contribution in [0.3, 0.4) is 0 Å². The van der Waals surface area contributed by atoms with E-state index in [1.54, 1.807) is 6.92 Å². The second-order valence-electron chi connectivity index (χ2n) is 5.86. The highest BCUT2D eigenvalue weighted by molar-refractivity contribution is 7.91. The summed E-state index contributed by atoms with van der Waals surface area (Å²) in [6, 6.07) is 3.10. The fraction of sp³-hybridized carbons (Fsp3) is 0.333. The lowest BCUT2D eigenvalue weighted by molar-refractivity contribution is 0.252. The molecular formula is C15H18FN3O5S3. The summed E-state index contributed by atoms with van der Waals surface area (Å²) in [5.74, 6) is -1.03. The molecule has 1 aromatic carbocycles. The third-order valence-electron chi connectivity index (χ3n) is 3.37. The lowest BCUT2D eigenvalue weighted by atomic mass is 10.1. The Morgan fingerprint density at radius 1 is 1.22 bits per heavy atom. The maximum atomic E-state index is 13.8. The highest BCUT2D eigenvalue weighted by Crippen LogP contribution is 2.34. The Kier molecular flexibility index (Phi) is 6.22. The number of amides is 2. The van der Waals surface area contributed by atoms with Crippen molar-refractivity contribution in [3.8, 4) is 10.4 Å². The molecule has 2 rings (SSSR count). The second kappa shape index (κ2) is 7.90. The van der Waals surface area contributed by atoms with Crippen LogP contribution >= 0.6 is 11.3 Å². The van der Waals surface area contributed by atoms with Crippen molar-refractivity contribution < 1.29 is 26.0 Å². The van der Waals surface area contributed by atoms with Gasteiger partial charge in [-0.15, -0.1) is 0 Å². The van der Waals surface area contributed by atoms with Crippen molar-refractivity contribution in [2.24, 2.45) is 0 Å². The van der Waals surface area contributed by atoms with Crippen LogP contribution in [-0.2, 0) is 19.7 Å². The number of hydrogen-bond acceptors (Lipinski definition) is 7. The zero-order valence-electron chi connectivity index (χ0n) is 14.7. The van der Waals surface area contributed by atoms with Crippen LogP contribution in [0.4, 0.5) is 14.3 Å². The largest absolute Gasteiger partial charge is 0.337 e. The molecule has 0 saturated heterocycles. The Hall–Kier alpha value is -2.05. The Morgan fingerprint density at radius 3 is 2.48 bits per heavy atom. The summed E-state index contributed by atoms with van der Waals surface area (Å²) in [5, 5.41) is 5.13. The summed E-state index contributed by atoms with van der Waals surface area (Å²) in [5.41, 5.74) is 0.981. The van der Waals surface area contributed by atoms with E-state index in [9.17, 15) is 26.0 Å². The molecule has 148 valence electrons. The molecular weight excluding hydrogens is 417 g/mol. The zero-order chi connectivity index (χ0) is 20.4. The van der Waals surface area contributed by atoms with Crippen molar-refractivity contribution in [2.45, 2.75) is 11.8 Å². The van der Waals surface area contributed by atoms with E-state index in [2.05, 4.69) is 15.6 Å². The van der Waals surface area contributed by atoms with Gasteiger partial charge in [-0.05, 0) is 24.6 Å². The normalized spacial score (nSPS) is 12.0. The van der Waals surface area contributed by atoms with Crippen molar-refractivity contribution in [3.05, 3.63) is 29.7 Å². The number of thiazole rings is 1. The van der Waals surface area contributed by atoms with Crippen LogP contribution in [0, 0.1) is 12.7 Å². The van der Waals surface area contributed by atoms with Crippen LogP contribution < -0.4 is 10.6 Å². The molecule has 0 fully saturated rings. The molecule has 0 radical (unpaired) electrons. The first-order valence-electron chi connectivity index (χ1n) is 7.57. The molecule has 2 N–H and O–H groups in total. The summed E-state index contributed by atoms with van der Waals surface area (Å²) < 4.78 is 59.2. The number of sulfone groups is 2. The van der Waals surface area contributed by atoms with Crippen LogP contribution in [0.5, 0.6) is 0 Å². The monoisotopic (exact) mass is 435 g/mol. The number of carbonyl (C=O) groups is 1. The van der Waals surface area contributed by atoms with Gasteiger partial charge in [0.15, 0.2) is 15.0 Å². The van der Waals surface area contributed by atoms with Gasteiger partial charge in [-0.1, -0.05) is 17.4 Å². The number of rotatable bonds is 6. The minimum Gasteiger partial charge on any atom is -0.337 e. The molecule has 27 heavy (non-hydrogen) atoms. The van der Waals surface area contributed by atoms with E-state index in [0.29, 0.717) is 16.1 Å². The molecule has 1 aromatic heterocycles. The van der Waals surface area contributed by atoms with Crippen molar-refractivity contribution in [1.29, 1.82) is 0 Å². The van der Waals surface area contributed by atoms with Crippen molar-refractivity contribution >= 4 is 42.2 Å². The number of nitrogens with one attached hydrogen (secondary N) is 2. The first-order valence-corrected chi connectivity index (χ1v) is 12.3. The molecule has 12 heteroatoms. The van der Waals surface area contributed by atoms with Crippen molar-refractivity contribution in [1.82, 2.24) is 10.3 Å². The van der Waals surface area contributed by atoms with Gasteiger partial charge in [0.1, 0.15) is 20.5 Å². The Bertz CT molecular complexity index is 1080. The average molecular weight is 436 g/mol. The predicted molar refractivity (Wildman–Crippen MR) is 102 cm³/mol. The quantitative estimate of drug-likeness (QED) is 0.714. The van der Waals surface area contributed by atoms with Gasteiger partial charge in [0.25, 0.3) is 0 Å². The van der Waals surface area contributed by atoms with Crippen LogP contribution in [0.2, 0.25) is 0 Å². The number of nitrogens with zero attached hydrogens (tertiary/aromatic N) is 1. The molecule has 0 saturated carbocycles. The smallest absolute Gasteiger partial charge is 0.321 e. The van der Waals surface area contributed by atoms with Gasteiger partial charge in [-0.2, -0.15) is 0 Å². The summed E-state index contributed by atoms with van der Waals surface area (Å²) >= 11 is 1.09. The minimum atomic E-state index is -3.73. The molecule has 2 aromatic rings. The SMILES string of the molecule is Cc1nc(NC(=O)NCCS(C)(=O)=O)sc1-c1ccc(F)c(S(C)(=O)=O)c1. The summed E-state index contributed by atoms with van der Waals surface area (Å²) in [6.07, 6.45) is 1.99. The number of aryl methyl sites for hydroxylation is 1. The number of carbonyl (C=O) groups excluding carboxylic acids is 1. The van der Waals surface area contributed by atoms with Gasteiger partial charge < -0.3 is 5.32 Å². The summed E-state index contributed by atoms with van der Waals surface area (Å²) in [4.78, 5) is 16.1. The summed E-state index contributed by atoms with van der Waals surface area (Å²) in [6.45, 7) is 1.62. The zero-order valence-corrected chi connectivity index (χ0v) is 17.2. The van der Waals surface area contributed by atoms with Gasteiger partial charge in [-0.25, -0.2) is 31.0 Å². The van der Waals surface area contributed by atoms with E-state index < -0.39 is 36.4 Å². The van der Waals surface area contributed by atoms with E-state index >= 15 is 0 Å². The third-order valence-corrected chi connectivity index (χ3v) is 6.55. The number of anilines is 1. The fourth-order valence-corrected chi connectivity index (χ4v) is 4.33. The van der Waals surface area contributed by atoms with Gasteiger partial charge in [-0.3, -0.25) is 5.32 Å². The molecule has 0 unspecified atom stereocenters. The van der Waals surface area contributed by atoms with Gasteiger partial charge in [0.05, 0.1) is 16.3 Å². The lowest BCUT2D eigenvalue weighted by Gasteiger charge is -2.05. The Labute approximate surface area is 160 Å². The van der Waals surface area contributed by atoms with Crippen LogP contribution in [0.1, 0.15) is 5.69 Å². The number of benzene rings is 1. The molecule has 0 bridgehead atoms. The first-order chi connectivity index (χ1) is 12.4. The van der Waals surface area contributed by atoms with Crippen LogP contribution in [0.15, 0.2) is 23.1 Å². The maximum absolute atomic E-state index is 13.8. The molecule has 0 aliphatic heterocycles. The molecule has 0 aliphatic rings. The number of hydrogen-bond donors (Lipinski definition) is 2.